The second-order valence-corrected chi connectivity index (χ2v) is 2.60. The van der Waals surface area contributed by atoms with Crippen LogP contribution in [0, 0.1) is 0 Å². The summed E-state index contributed by atoms with van der Waals surface area (Å²) in [6, 6.07) is -1.48. The first kappa shape index (κ1) is 12.4. The molecule has 0 radical (unpaired) electrons. The quantitative estimate of drug-likeness (QED) is 0.425. The van der Waals surface area contributed by atoms with Gasteiger partial charge >= 0.3 is 12.0 Å². The number of urea groups is 1. The molecule has 0 saturated heterocycles. The van der Waals surface area contributed by atoms with Gasteiger partial charge in [-0.05, 0) is 6.42 Å². The number of carbonyl (C=O) groups excluding carboxylic acids is 1. The summed E-state index contributed by atoms with van der Waals surface area (Å²) in [6.45, 7) is 4.02. The van der Waals surface area contributed by atoms with Crippen LogP contribution in [0.3, 0.4) is 0 Å². The Labute approximate surface area is 82.2 Å². The van der Waals surface area contributed by atoms with Crippen molar-refractivity contribution < 1.29 is 14.7 Å². The molecule has 0 aliphatic heterocycles. The molecule has 14 heavy (non-hydrogen) atoms. The van der Waals surface area contributed by atoms with Gasteiger partial charge in [-0.25, -0.2) is 9.59 Å². The SMILES string of the molecule is C=CCC(NC(=O)NCCN)C(=O)O. The first-order valence-corrected chi connectivity index (χ1v) is 4.20. The molecule has 1 unspecified atom stereocenters. The zero-order valence-corrected chi connectivity index (χ0v) is 7.82. The fourth-order valence-electron chi connectivity index (χ4n) is 0.783. The molecule has 0 aliphatic rings. The van der Waals surface area contributed by atoms with Crippen LogP contribution in [0.1, 0.15) is 6.42 Å². The molecular weight excluding hydrogens is 186 g/mol. The molecule has 6 nitrogen and oxygen atoms in total. The van der Waals surface area contributed by atoms with Gasteiger partial charge in [0.05, 0.1) is 0 Å². The van der Waals surface area contributed by atoms with Crippen LogP contribution < -0.4 is 16.4 Å². The number of amides is 2. The van der Waals surface area contributed by atoms with Crippen molar-refractivity contribution in [2.24, 2.45) is 5.73 Å². The lowest BCUT2D eigenvalue weighted by molar-refractivity contribution is -0.139. The van der Waals surface area contributed by atoms with Crippen molar-refractivity contribution in [3.05, 3.63) is 12.7 Å². The number of hydrogen-bond acceptors (Lipinski definition) is 3. The van der Waals surface area contributed by atoms with Gasteiger partial charge in [0, 0.05) is 13.1 Å². The van der Waals surface area contributed by atoms with Gasteiger partial charge in [0.25, 0.3) is 0 Å². The zero-order chi connectivity index (χ0) is 11.0. The van der Waals surface area contributed by atoms with Gasteiger partial charge in [-0.2, -0.15) is 0 Å². The summed E-state index contributed by atoms with van der Waals surface area (Å²) in [4.78, 5) is 21.6. The molecule has 0 aliphatic carbocycles. The minimum Gasteiger partial charge on any atom is -0.480 e. The Hall–Kier alpha value is -1.56. The van der Waals surface area contributed by atoms with E-state index < -0.39 is 18.0 Å². The lowest BCUT2D eigenvalue weighted by atomic mass is 10.2. The number of aliphatic carboxylic acids is 1. The summed E-state index contributed by atoms with van der Waals surface area (Å²) in [7, 11) is 0. The summed E-state index contributed by atoms with van der Waals surface area (Å²) in [5.74, 6) is -1.09. The maximum absolute atomic E-state index is 11.0. The summed E-state index contributed by atoms with van der Waals surface area (Å²) >= 11 is 0. The monoisotopic (exact) mass is 201 g/mol. The van der Waals surface area contributed by atoms with Gasteiger partial charge in [-0.3, -0.25) is 0 Å². The summed E-state index contributed by atoms with van der Waals surface area (Å²) in [5, 5.41) is 13.3. The Bertz CT molecular complexity index is 218. The molecule has 0 aromatic rings. The zero-order valence-electron chi connectivity index (χ0n) is 7.82. The maximum atomic E-state index is 11.0. The number of rotatable bonds is 6. The minimum atomic E-state index is -1.09. The molecule has 0 spiro atoms. The lowest BCUT2D eigenvalue weighted by Gasteiger charge is -2.12. The van der Waals surface area contributed by atoms with E-state index in [4.69, 9.17) is 10.8 Å². The van der Waals surface area contributed by atoms with Gasteiger partial charge in [0.15, 0.2) is 0 Å². The Morgan fingerprint density at radius 2 is 2.21 bits per heavy atom. The number of nitrogens with one attached hydrogen (secondary N) is 2. The van der Waals surface area contributed by atoms with Crippen molar-refractivity contribution in [2.75, 3.05) is 13.1 Å². The van der Waals surface area contributed by atoms with Crippen molar-refractivity contribution >= 4 is 12.0 Å². The second kappa shape index (κ2) is 6.90. The van der Waals surface area contributed by atoms with Crippen LogP contribution >= 0.6 is 0 Å². The van der Waals surface area contributed by atoms with Gasteiger partial charge < -0.3 is 21.5 Å². The van der Waals surface area contributed by atoms with Crippen molar-refractivity contribution in [3.8, 4) is 0 Å². The number of hydrogen-bond donors (Lipinski definition) is 4. The van der Waals surface area contributed by atoms with E-state index in [9.17, 15) is 9.59 Å². The van der Waals surface area contributed by atoms with E-state index in [1.807, 2.05) is 0 Å². The van der Waals surface area contributed by atoms with Crippen LogP contribution in [0.2, 0.25) is 0 Å². The molecule has 2 amide bonds. The van der Waals surface area contributed by atoms with E-state index in [1.165, 1.54) is 6.08 Å². The molecular formula is C8H15N3O3. The first-order valence-electron chi connectivity index (χ1n) is 4.20. The lowest BCUT2D eigenvalue weighted by Crippen LogP contribution is -2.46. The molecule has 0 bridgehead atoms. The third kappa shape index (κ3) is 5.15. The normalized spacial score (nSPS) is 11.5. The fraction of sp³-hybridized carbons (Fsp3) is 0.500. The van der Waals surface area contributed by atoms with Gasteiger partial charge in [-0.15, -0.1) is 6.58 Å². The molecule has 80 valence electrons. The summed E-state index contributed by atoms with van der Waals surface area (Å²) in [5.41, 5.74) is 5.15. The van der Waals surface area contributed by atoms with Gasteiger partial charge in [-0.1, -0.05) is 6.08 Å². The standard InChI is InChI=1S/C8H15N3O3/c1-2-3-6(7(12)13)11-8(14)10-5-4-9/h2,6H,1,3-5,9H2,(H,12,13)(H2,10,11,14). The summed E-state index contributed by atoms with van der Waals surface area (Å²) < 4.78 is 0. The highest BCUT2D eigenvalue weighted by molar-refractivity contribution is 5.82. The Kier molecular flexibility index (Phi) is 6.13. The van der Waals surface area contributed by atoms with Gasteiger partial charge in [0.2, 0.25) is 0 Å². The topological polar surface area (TPSA) is 104 Å². The van der Waals surface area contributed by atoms with Crippen LogP contribution in [-0.4, -0.2) is 36.2 Å². The average Bonchev–Trinajstić information content (AvgIpc) is 2.14. The van der Waals surface area contributed by atoms with Crippen LogP contribution in [0.5, 0.6) is 0 Å². The van der Waals surface area contributed by atoms with Crippen LogP contribution in [0.25, 0.3) is 0 Å². The Morgan fingerprint density at radius 1 is 1.57 bits per heavy atom. The third-order valence-corrected chi connectivity index (χ3v) is 1.44. The number of carbonyl (C=O) groups is 2. The third-order valence-electron chi connectivity index (χ3n) is 1.44. The minimum absolute atomic E-state index is 0.186. The highest BCUT2D eigenvalue weighted by Crippen LogP contribution is 1.92. The molecule has 6 heteroatoms. The highest BCUT2D eigenvalue weighted by atomic mass is 16.4. The smallest absolute Gasteiger partial charge is 0.326 e. The molecule has 0 aromatic heterocycles. The molecule has 5 N–H and O–H groups in total. The first-order chi connectivity index (χ1) is 6.61. The largest absolute Gasteiger partial charge is 0.480 e. The average molecular weight is 201 g/mol. The van der Waals surface area contributed by atoms with Crippen molar-refractivity contribution in [1.82, 2.24) is 10.6 Å². The van der Waals surface area contributed by atoms with E-state index in [0.29, 0.717) is 13.1 Å². The second-order valence-electron chi connectivity index (χ2n) is 2.60. The van der Waals surface area contributed by atoms with Crippen molar-refractivity contribution in [2.45, 2.75) is 12.5 Å². The van der Waals surface area contributed by atoms with E-state index in [0.717, 1.165) is 0 Å². The maximum Gasteiger partial charge on any atom is 0.326 e. The van der Waals surface area contributed by atoms with Crippen LogP contribution in [0.15, 0.2) is 12.7 Å². The van der Waals surface area contributed by atoms with Crippen LogP contribution in [-0.2, 0) is 4.79 Å². The van der Waals surface area contributed by atoms with Gasteiger partial charge in [0.1, 0.15) is 6.04 Å². The molecule has 0 aromatic carbocycles. The predicted molar refractivity (Wildman–Crippen MR) is 51.8 cm³/mol. The van der Waals surface area contributed by atoms with E-state index in [1.54, 1.807) is 0 Å². The molecule has 0 heterocycles. The van der Waals surface area contributed by atoms with E-state index >= 15 is 0 Å². The fourth-order valence-corrected chi connectivity index (χ4v) is 0.783. The number of nitrogens with two attached hydrogens (primary N) is 1. The predicted octanol–water partition coefficient (Wildman–Crippen LogP) is -0.726. The summed E-state index contributed by atoms with van der Waals surface area (Å²) in [6.07, 6.45) is 1.62. The van der Waals surface area contributed by atoms with E-state index in [-0.39, 0.29) is 6.42 Å². The van der Waals surface area contributed by atoms with Crippen LogP contribution in [0.4, 0.5) is 4.79 Å². The van der Waals surface area contributed by atoms with Crippen molar-refractivity contribution in [1.29, 1.82) is 0 Å². The molecule has 1 atom stereocenters. The molecule has 0 fully saturated rings. The molecule has 0 rings (SSSR count). The Morgan fingerprint density at radius 3 is 2.64 bits per heavy atom. The van der Waals surface area contributed by atoms with Crippen molar-refractivity contribution in [3.63, 3.8) is 0 Å². The highest BCUT2D eigenvalue weighted by Gasteiger charge is 2.17. The Balaban J connectivity index is 3.95. The number of carboxylic acid groups (broad SMARTS) is 1. The molecule has 0 saturated carbocycles. The van der Waals surface area contributed by atoms with E-state index in [2.05, 4.69) is 17.2 Å². The number of carboxylic acids is 1.